The number of ether oxygens (including phenoxy) is 2. The third-order valence-corrected chi connectivity index (χ3v) is 4.98. The highest BCUT2D eigenvalue weighted by Gasteiger charge is 2.48. The van der Waals surface area contributed by atoms with Gasteiger partial charge in [-0.15, -0.1) is 0 Å². The summed E-state index contributed by atoms with van der Waals surface area (Å²) < 4.78 is 12.1. The molecule has 0 aliphatic carbocycles. The summed E-state index contributed by atoms with van der Waals surface area (Å²) in [6, 6.07) is 5.81. The van der Waals surface area contributed by atoms with Crippen LogP contribution in [0.2, 0.25) is 0 Å². The Hall–Kier alpha value is -0.840. The van der Waals surface area contributed by atoms with Crippen molar-refractivity contribution in [2.24, 2.45) is 0 Å². The minimum atomic E-state index is -0.329. The lowest BCUT2D eigenvalue weighted by atomic mass is 9.90. The molecule has 1 aromatic rings. The average molecular weight is 355 g/mol. The summed E-state index contributed by atoms with van der Waals surface area (Å²) in [4.78, 5) is 0. The number of hydrogen-bond acceptors (Lipinski definition) is 3. The molecule has 1 aliphatic heterocycles. The summed E-state index contributed by atoms with van der Waals surface area (Å²) in [6.07, 6.45) is 0.365. The molecule has 0 unspecified atom stereocenters. The monoisotopic (exact) mass is 354 g/mol. The molecule has 0 radical (unpaired) electrons. The number of aliphatic hydroxyl groups excluding tert-OH is 1. The normalized spacial score (nSPS) is 20.6. The van der Waals surface area contributed by atoms with Crippen LogP contribution in [0.1, 0.15) is 44.4 Å². The molecule has 1 aliphatic rings. The second kappa shape index (κ2) is 5.75. The molecule has 1 heterocycles. The lowest BCUT2D eigenvalue weighted by molar-refractivity contribution is -0.0846. The smallest absolute Gasteiger partial charge is 0.163 e. The van der Waals surface area contributed by atoms with E-state index < -0.39 is 0 Å². The van der Waals surface area contributed by atoms with Crippen LogP contribution in [-0.4, -0.2) is 22.6 Å². The van der Waals surface area contributed by atoms with E-state index in [-0.39, 0.29) is 23.3 Å². The quantitative estimate of drug-likeness (QED) is 0.635. The first-order valence-corrected chi connectivity index (χ1v) is 8.20. The number of halogens is 1. The van der Waals surface area contributed by atoms with Crippen LogP contribution in [0.3, 0.4) is 0 Å². The van der Waals surface area contributed by atoms with Gasteiger partial charge in [0.2, 0.25) is 0 Å². The van der Waals surface area contributed by atoms with Crippen molar-refractivity contribution in [3.8, 4) is 0 Å². The highest BCUT2D eigenvalue weighted by molar-refractivity contribution is 9.08. The van der Waals surface area contributed by atoms with Crippen molar-refractivity contribution in [1.82, 2.24) is 0 Å². The number of aliphatic hydroxyl groups is 1. The average Bonchev–Trinajstić information content (AvgIpc) is 2.57. The molecule has 0 bridgehead atoms. The molecular weight excluding hydrogens is 332 g/mol. The fourth-order valence-corrected chi connectivity index (χ4v) is 2.90. The molecule has 21 heavy (non-hydrogen) atoms. The van der Waals surface area contributed by atoms with Crippen LogP contribution in [0.5, 0.6) is 0 Å². The van der Waals surface area contributed by atoms with Crippen molar-refractivity contribution >= 4 is 21.7 Å². The highest BCUT2D eigenvalue weighted by atomic mass is 79.9. The molecule has 1 saturated heterocycles. The van der Waals surface area contributed by atoms with E-state index in [0.717, 1.165) is 22.0 Å². The Morgan fingerprint density at radius 2 is 1.76 bits per heavy atom. The van der Waals surface area contributed by atoms with E-state index in [2.05, 4.69) is 22.5 Å². The van der Waals surface area contributed by atoms with Crippen LogP contribution >= 0.6 is 15.9 Å². The lowest BCUT2D eigenvalue weighted by Gasteiger charge is -2.30. The molecule has 0 amide bonds. The van der Waals surface area contributed by atoms with Gasteiger partial charge in [0.1, 0.15) is 5.76 Å². The van der Waals surface area contributed by atoms with Gasteiger partial charge in [0, 0.05) is 17.3 Å². The molecule has 1 fully saturated rings. The molecule has 2 rings (SSSR count). The van der Waals surface area contributed by atoms with E-state index in [1.54, 1.807) is 0 Å². The minimum absolute atomic E-state index is 0.0753. The molecule has 0 saturated carbocycles. The van der Waals surface area contributed by atoms with Gasteiger partial charge in [-0.2, -0.15) is 0 Å². The van der Waals surface area contributed by atoms with Gasteiger partial charge in [-0.25, -0.2) is 0 Å². The first kappa shape index (κ1) is 16.5. The van der Waals surface area contributed by atoms with Gasteiger partial charge < -0.3 is 14.6 Å². The number of alkyl halides is 1. The van der Waals surface area contributed by atoms with Crippen molar-refractivity contribution in [3.05, 3.63) is 41.5 Å². The summed E-state index contributed by atoms with van der Waals surface area (Å²) in [7, 11) is 0. The second-order valence-corrected chi connectivity index (χ2v) is 7.01. The first-order chi connectivity index (χ1) is 9.66. The van der Waals surface area contributed by atoms with Gasteiger partial charge in [0.25, 0.3) is 0 Å². The maximum atomic E-state index is 9.57. The van der Waals surface area contributed by atoms with Crippen LogP contribution in [0.15, 0.2) is 24.8 Å². The zero-order valence-corrected chi connectivity index (χ0v) is 14.7. The Morgan fingerprint density at radius 3 is 2.24 bits per heavy atom. The maximum absolute atomic E-state index is 9.57. The summed E-state index contributed by atoms with van der Waals surface area (Å²) in [6.45, 7) is 11.8. The number of hydrogen-bond donors (Lipinski definition) is 1. The maximum Gasteiger partial charge on any atom is 0.163 e. The van der Waals surface area contributed by atoms with Crippen LogP contribution < -0.4 is 0 Å². The summed E-state index contributed by atoms with van der Waals surface area (Å²) in [5.41, 5.74) is 2.33. The lowest BCUT2D eigenvalue weighted by Crippen LogP contribution is -2.41. The van der Waals surface area contributed by atoms with Crippen LogP contribution in [0, 0.1) is 0 Å². The standard InChI is InChI=1S/C17H23BrO3/c1-11(19)12-6-7-13(10-18)14(8-12)9-15-20-16(2,3)17(4,5)21-15/h6-8,15,19H,1,9-10H2,2-5H3. The van der Waals surface area contributed by atoms with E-state index in [4.69, 9.17) is 9.47 Å². The van der Waals surface area contributed by atoms with Gasteiger partial charge in [-0.1, -0.05) is 34.6 Å². The van der Waals surface area contributed by atoms with Gasteiger partial charge in [-0.3, -0.25) is 0 Å². The van der Waals surface area contributed by atoms with Crippen molar-refractivity contribution in [1.29, 1.82) is 0 Å². The fraction of sp³-hybridized carbons (Fsp3) is 0.529. The Bertz CT molecular complexity index is 533. The SMILES string of the molecule is C=C(O)c1ccc(CBr)c(CC2OC(C)(C)C(C)(C)O2)c1. The topological polar surface area (TPSA) is 38.7 Å². The Labute approximate surface area is 135 Å². The molecule has 0 aromatic heterocycles. The largest absolute Gasteiger partial charge is 0.508 e. The van der Waals surface area contributed by atoms with E-state index >= 15 is 0 Å². The Kier molecular flexibility index (Phi) is 4.52. The first-order valence-electron chi connectivity index (χ1n) is 7.08. The fourth-order valence-electron chi connectivity index (χ4n) is 2.35. The summed E-state index contributed by atoms with van der Waals surface area (Å²) in [5.74, 6) is 0.0753. The van der Waals surface area contributed by atoms with Gasteiger partial charge in [0.05, 0.1) is 11.2 Å². The highest BCUT2D eigenvalue weighted by Crippen LogP contribution is 2.39. The summed E-state index contributed by atoms with van der Waals surface area (Å²) in [5, 5.41) is 10.3. The minimum Gasteiger partial charge on any atom is -0.508 e. The molecule has 1 aromatic carbocycles. The van der Waals surface area contributed by atoms with Gasteiger partial charge in [-0.05, 0) is 44.9 Å². The third kappa shape index (κ3) is 3.33. The Balaban J connectivity index is 2.24. The van der Waals surface area contributed by atoms with Crippen molar-refractivity contribution < 1.29 is 14.6 Å². The number of benzene rings is 1. The third-order valence-electron chi connectivity index (χ3n) is 4.37. The predicted molar refractivity (Wildman–Crippen MR) is 88.6 cm³/mol. The van der Waals surface area contributed by atoms with E-state index in [1.165, 1.54) is 0 Å². The van der Waals surface area contributed by atoms with Crippen molar-refractivity contribution in [2.75, 3.05) is 0 Å². The molecule has 4 heteroatoms. The van der Waals surface area contributed by atoms with E-state index in [0.29, 0.717) is 6.42 Å². The summed E-state index contributed by atoms with van der Waals surface area (Å²) >= 11 is 3.50. The van der Waals surface area contributed by atoms with Crippen LogP contribution in [-0.2, 0) is 21.2 Å². The molecular formula is C17H23BrO3. The second-order valence-electron chi connectivity index (χ2n) is 6.45. The van der Waals surface area contributed by atoms with E-state index in [9.17, 15) is 5.11 Å². The molecule has 1 N–H and O–H groups in total. The van der Waals surface area contributed by atoms with Crippen LogP contribution in [0.25, 0.3) is 5.76 Å². The zero-order valence-electron chi connectivity index (χ0n) is 13.1. The zero-order chi connectivity index (χ0) is 15.8. The Morgan fingerprint density at radius 1 is 1.19 bits per heavy atom. The van der Waals surface area contributed by atoms with Crippen molar-refractivity contribution in [3.63, 3.8) is 0 Å². The predicted octanol–water partition coefficient (Wildman–Crippen LogP) is 4.58. The number of rotatable bonds is 4. The molecule has 3 nitrogen and oxygen atoms in total. The van der Waals surface area contributed by atoms with Crippen LogP contribution in [0.4, 0.5) is 0 Å². The van der Waals surface area contributed by atoms with E-state index in [1.807, 2.05) is 45.9 Å². The molecule has 0 atom stereocenters. The van der Waals surface area contributed by atoms with Crippen molar-refractivity contribution in [2.45, 2.75) is 56.9 Å². The molecule has 116 valence electrons. The van der Waals surface area contributed by atoms with Gasteiger partial charge in [0.15, 0.2) is 6.29 Å². The molecule has 0 spiro atoms. The van der Waals surface area contributed by atoms with Gasteiger partial charge >= 0.3 is 0 Å².